The summed E-state index contributed by atoms with van der Waals surface area (Å²) in [5, 5.41) is 0. The zero-order valence-electron chi connectivity index (χ0n) is 10.7. The Morgan fingerprint density at radius 1 is 1.12 bits per heavy atom. The molecule has 0 aliphatic heterocycles. The van der Waals surface area contributed by atoms with Crippen molar-refractivity contribution in [1.29, 1.82) is 0 Å². The minimum atomic E-state index is 0.0334. The van der Waals surface area contributed by atoms with Crippen molar-refractivity contribution in [3.63, 3.8) is 0 Å². The first kappa shape index (κ1) is 13.1. The van der Waals surface area contributed by atoms with Crippen LogP contribution in [-0.2, 0) is 13.5 Å². The standard InChI is InChI=1S/C13H23NO2/c1-4-5-6-7-8-9-10-12-11(2)16-14(3)13(12)15/h4-10H2,1-3H3. The van der Waals surface area contributed by atoms with Crippen molar-refractivity contribution < 1.29 is 4.52 Å². The molecule has 1 rings (SSSR count). The third-order valence-corrected chi connectivity index (χ3v) is 3.02. The third-order valence-electron chi connectivity index (χ3n) is 3.02. The quantitative estimate of drug-likeness (QED) is 0.668. The summed E-state index contributed by atoms with van der Waals surface area (Å²) in [5.41, 5.74) is 0.893. The molecule has 92 valence electrons. The molecule has 3 nitrogen and oxygen atoms in total. The van der Waals surface area contributed by atoms with Gasteiger partial charge in [-0.15, -0.1) is 0 Å². The van der Waals surface area contributed by atoms with Gasteiger partial charge in [0.1, 0.15) is 5.76 Å². The lowest BCUT2D eigenvalue weighted by Gasteiger charge is -1.99. The van der Waals surface area contributed by atoms with E-state index in [4.69, 9.17) is 4.52 Å². The Morgan fingerprint density at radius 2 is 1.75 bits per heavy atom. The van der Waals surface area contributed by atoms with Gasteiger partial charge in [-0.2, -0.15) is 4.74 Å². The van der Waals surface area contributed by atoms with Gasteiger partial charge in [0.2, 0.25) is 0 Å². The summed E-state index contributed by atoms with van der Waals surface area (Å²) in [6, 6.07) is 0. The Kier molecular flexibility index (Phi) is 5.36. The second-order valence-electron chi connectivity index (χ2n) is 4.45. The summed E-state index contributed by atoms with van der Waals surface area (Å²) in [6.45, 7) is 4.09. The molecule has 0 unspecified atom stereocenters. The SMILES string of the molecule is CCCCCCCCc1c(C)on(C)c1=O. The fraction of sp³-hybridized carbons (Fsp3) is 0.769. The molecule has 0 aromatic carbocycles. The number of nitrogens with zero attached hydrogens (tertiary/aromatic N) is 1. The van der Waals surface area contributed by atoms with E-state index in [1.807, 2.05) is 6.92 Å². The molecular weight excluding hydrogens is 202 g/mol. The van der Waals surface area contributed by atoms with Crippen molar-refractivity contribution in [3.8, 4) is 0 Å². The van der Waals surface area contributed by atoms with Gasteiger partial charge >= 0.3 is 0 Å². The van der Waals surface area contributed by atoms with Crippen LogP contribution in [0.15, 0.2) is 9.32 Å². The predicted octanol–water partition coefficient (Wildman–Crippen LogP) is 3.19. The summed E-state index contributed by atoms with van der Waals surface area (Å²) in [7, 11) is 1.67. The average molecular weight is 225 g/mol. The first-order valence-corrected chi connectivity index (χ1v) is 6.32. The van der Waals surface area contributed by atoms with Gasteiger partial charge in [-0.1, -0.05) is 39.0 Å². The van der Waals surface area contributed by atoms with Crippen molar-refractivity contribution in [2.45, 2.75) is 58.8 Å². The molecule has 0 radical (unpaired) electrons. The van der Waals surface area contributed by atoms with Crippen LogP contribution in [0, 0.1) is 6.92 Å². The molecule has 0 spiro atoms. The lowest BCUT2D eigenvalue weighted by atomic mass is 10.1. The number of aromatic nitrogens is 1. The van der Waals surface area contributed by atoms with Crippen LogP contribution >= 0.6 is 0 Å². The summed E-state index contributed by atoms with van der Waals surface area (Å²) in [6.07, 6.45) is 8.38. The average Bonchev–Trinajstić information content (AvgIpc) is 2.49. The van der Waals surface area contributed by atoms with Crippen LogP contribution in [0.2, 0.25) is 0 Å². The molecule has 0 saturated heterocycles. The highest BCUT2D eigenvalue weighted by Gasteiger charge is 2.10. The van der Waals surface area contributed by atoms with Gasteiger partial charge in [0.15, 0.2) is 0 Å². The Hall–Kier alpha value is -0.990. The molecule has 1 aromatic rings. The number of unbranched alkanes of at least 4 members (excludes halogenated alkanes) is 5. The number of aryl methyl sites for hydroxylation is 2. The van der Waals surface area contributed by atoms with E-state index in [2.05, 4.69) is 6.92 Å². The van der Waals surface area contributed by atoms with Gasteiger partial charge in [-0.3, -0.25) is 4.79 Å². The number of hydrogen-bond acceptors (Lipinski definition) is 2. The van der Waals surface area contributed by atoms with Crippen LogP contribution in [-0.4, -0.2) is 4.74 Å². The molecule has 0 bridgehead atoms. The number of rotatable bonds is 7. The van der Waals surface area contributed by atoms with Gasteiger partial charge < -0.3 is 4.52 Å². The topological polar surface area (TPSA) is 35.1 Å². The second kappa shape index (κ2) is 6.56. The molecule has 0 N–H and O–H groups in total. The van der Waals surface area contributed by atoms with Gasteiger partial charge in [0.25, 0.3) is 5.56 Å². The third kappa shape index (κ3) is 3.54. The van der Waals surface area contributed by atoms with E-state index in [-0.39, 0.29) is 5.56 Å². The Balaban J connectivity index is 2.29. The van der Waals surface area contributed by atoms with E-state index in [9.17, 15) is 4.79 Å². The lowest BCUT2D eigenvalue weighted by molar-refractivity contribution is 0.283. The Bertz CT molecular complexity index is 362. The van der Waals surface area contributed by atoms with Crippen LogP contribution in [0.3, 0.4) is 0 Å². The van der Waals surface area contributed by atoms with E-state index in [1.165, 1.54) is 36.8 Å². The van der Waals surface area contributed by atoms with Crippen LogP contribution in [0.4, 0.5) is 0 Å². The van der Waals surface area contributed by atoms with Crippen LogP contribution < -0.4 is 5.56 Å². The van der Waals surface area contributed by atoms with Crippen molar-refractivity contribution in [2.75, 3.05) is 0 Å². The molecule has 0 aliphatic carbocycles. The van der Waals surface area contributed by atoms with Crippen LogP contribution in [0.1, 0.15) is 56.8 Å². The molecule has 0 saturated carbocycles. The first-order valence-electron chi connectivity index (χ1n) is 6.32. The molecule has 0 fully saturated rings. The van der Waals surface area contributed by atoms with Gasteiger partial charge in [0.05, 0.1) is 5.56 Å². The van der Waals surface area contributed by atoms with E-state index in [0.29, 0.717) is 0 Å². The molecule has 1 aromatic heterocycles. The van der Waals surface area contributed by atoms with Crippen LogP contribution in [0.25, 0.3) is 0 Å². The highest BCUT2D eigenvalue weighted by Crippen LogP contribution is 2.10. The molecule has 0 atom stereocenters. The van der Waals surface area contributed by atoms with Gasteiger partial charge in [-0.05, 0) is 19.8 Å². The minimum Gasteiger partial charge on any atom is -0.381 e. The normalized spacial score (nSPS) is 10.9. The molecule has 16 heavy (non-hydrogen) atoms. The maximum atomic E-state index is 11.6. The second-order valence-corrected chi connectivity index (χ2v) is 4.45. The first-order chi connectivity index (χ1) is 7.66. The highest BCUT2D eigenvalue weighted by atomic mass is 16.5. The molecule has 1 heterocycles. The molecule has 0 amide bonds. The van der Waals surface area contributed by atoms with Gasteiger partial charge in [0, 0.05) is 7.05 Å². The zero-order valence-corrected chi connectivity index (χ0v) is 10.7. The summed E-state index contributed by atoms with van der Waals surface area (Å²) >= 11 is 0. The van der Waals surface area contributed by atoms with E-state index in [1.54, 1.807) is 7.05 Å². The van der Waals surface area contributed by atoms with E-state index >= 15 is 0 Å². The zero-order chi connectivity index (χ0) is 12.0. The lowest BCUT2D eigenvalue weighted by Crippen LogP contribution is -2.14. The fourth-order valence-electron chi connectivity index (χ4n) is 2.01. The van der Waals surface area contributed by atoms with E-state index < -0.39 is 0 Å². The maximum absolute atomic E-state index is 11.6. The van der Waals surface area contributed by atoms with Crippen molar-refractivity contribution >= 4 is 0 Å². The molecule has 3 heteroatoms. The predicted molar refractivity (Wildman–Crippen MR) is 65.8 cm³/mol. The Labute approximate surface area is 97.4 Å². The van der Waals surface area contributed by atoms with Crippen molar-refractivity contribution in [2.24, 2.45) is 7.05 Å². The summed E-state index contributed by atoms with van der Waals surface area (Å²) in [4.78, 5) is 11.6. The fourth-order valence-corrected chi connectivity index (χ4v) is 2.01. The van der Waals surface area contributed by atoms with Crippen molar-refractivity contribution in [3.05, 3.63) is 21.7 Å². The molecular formula is C13H23NO2. The van der Waals surface area contributed by atoms with Crippen LogP contribution in [0.5, 0.6) is 0 Å². The van der Waals surface area contributed by atoms with Gasteiger partial charge in [-0.25, -0.2) is 0 Å². The monoisotopic (exact) mass is 225 g/mol. The summed E-state index contributed by atoms with van der Waals surface area (Å²) in [5.74, 6) is 0.779. The summed E-state index contributed by atoms with van der Waals surface area (Å²) < 4.78 is 6.57. The maximum Gasteiger partial charge on any atom is 0.285 e. The smallest absolute Gasteiger partial charge is 0.285 e. The largest absolute Gasteiger partial charge is 0.381 e. The van der Waals surface area contributed by atoms with Crippen molar-refractivity contribution in [1.82, 2.24) is 4.74 Å². The minimum absolute atomic E-state index is 0.0334. The Morgan fingerprint density at radius 3 is 2.31 bits per heavy atom. The van der Waals surface area contributed by atoms with E-state index in [0.717, 1.165) is 24.2 Å². The highest BCUT2D eigenvalue weighted by molar-refractivity contribution is 5.12. The number of hydrogen-bond donors (Lipinski definition) is 0. The molecule has 0 aliphatic rings.